The highest BCUT2D eigenvalue weighted by Gasteiger charge is 2.22. The van der Waals surface area contributed by atoms with Crippen LogP contribution < -0.4 is 0 Å². The summed E-state index contributed by atoms with van der Waals surface area (Å²) in [6.45, 7) is 2.31. The van der Waals surface area contributed by atoms with E-state index in [1.165, 1.54) is 44.1 Å². The van der Waals surface area contributed by atoms with E-state index in [0.29, 0.717) is 0 Å². The topological polar surface area (TPSA) is 0 Å². The summed E-state index contributed by atoms with van der Waals surface area (Å²) < 4.78 is 0. The van der Waals surface area contributed by atoms with Crippen molar-refractivity contribution in [1.29, 1.82) is 0 Å². The van der Waals surface area contributed by atoms with Crippen LogP contribution in [0.5, 0.6) is 0 Å². The summed E-state index contributed by atoms with van der Waals surface area (Å²) in [6, 6.07) is 0. The van der Waals surface area contributed by atoms with Crippen molar-refractivity contribution in [1.82, 2.24) is 0 Å². The van der Waals surface area contributed by atoms with Crippen molar-refractivity contribution in [3.8, 4) is 0 Å². The van der Waals surface area contributed by atoms with Gasteiger partial charge in [-0.15, -0.1) is 0 Å². The molecule has 0 N–H and O–H groups in total. The Morgan fingerprint density at radius 1 is 1.17 bits per heavy atom. The summed E-state index contributed by atoms with van der Waals surface area (Å²) in [7, 11) is 0. The van der Waals surface area contributed by atoms with E-state index in [2.05, 4.69) is 31.2 Å². The van der Waals surface area contributed by atoms with Crippen LogP contribution in [0.2, 0.25) is 0 Å². The highest BCUT2D eigenvalue weighted by atomic mass is 32.1. The molecule has 0 aromatic heterocycles. The molecular formula is C17H24S. The monoisotopic (exact) mass is 260 g/mol. The minimum absolute atomic E-state index is 0.798. The quantitative estimate of drug-likeness (QED) is 0.609. The fourth-order valence-electron chi connectivity index (χ4n) is 3.24. The summed E-state index contributed by atoms with van der Waals surface area (Å²) in [5.74, 6) is 1.79. The van der Waals surface area contributed by atoms with Gasteiger partial charge >= 0.3 is 0 Å². The summed E-state index contributed by atoms with van der Waals surface area (Å²) >= 11 is 5.00. The van der Waals surface area contributed by atoms with E-state index in [-0.39, 0.29) is 0 Å². The average Bonchev–Trinajstić information content (AvgIpc) is 2.65. The van der Waals surface area contributed by atoms with Crippen LogP contribution in [0, 0.1) is 11.8 Å². The minimum Gasteiger partial charge on any atom is -0.0881 e. The van der Waals surface area contributed by atoms with Crippen molar-refractivity contribution in [3.63, 3.8) is 0 Å². The molecule has 1 heteroatoms. The van der Waals surface area contributed by atoms with Gasteiger partial charge in [-0.2, -0.15) is 0 Å². The van der Waals surface area contributed by atoms with Crippen molar-refractivity contribution in [2.45, 2.75) is 51.9 Å². The Morgan fingerprint density at radius 2 is 1.94 bits per heavy atom. The van der Waals surface area contributed by atoms with E-state index in [1.807, 2.05) is 0 Å². The van der Waals surface area contributed by atoms with Gasteiger partial charge in [0.25, 0.3) is 0 Å². The molecule has 0 atom stereocenters. The Morgan fingerprint density at radius 3 is 2.61 bits per heavy atom. The zero-order valence-electron chi connectivity index (χ0n) is 11.4. The third-order valence-electron chi connectivity index (χ3n) is 4.33. The van der Waals surface area contributed by atoms with Gasteiger partial charge in [0.05, 0.1) is 0 Å². The normalized spacial score (nSPS) is 28.3. The second-order valence-corrected chi connectivity index (χ2v) is 5.84. The van der Waals surface area contributed by atoms with E-state index in [9.17, 15) is 0 Å². The summed E-state index contributed by atoms with van der Waals surface area (Å²) in [5, 5.41) is 1.78. The summed E-state index contributed by atoms with van der Waals surface area (Å²) in [5.41, 5.74) is 2.74. The number of allylic oxidation sites excluding steroid dienone is 6. The van der Waals surface area contributed by atoms with Crippen LogP contribution in [-0.4, -0.2) is 5.37 Å². The first-order valence-electron chi connectivity index (χ1n) is 7.37. The van der Waals surface area contributed by atoms with Crippen LogP contribution in [0.25, 0.3) is 0 Å². The second-order valence-electron chi connectivity index (χ2n) is 5.60. The fourth-order valence-corrected chi connectivity index (χ4v) is 3.42. The zero-order valence-corrected chi connectivity index (χ0v) is 12.2. The predicted molar refractivity (Wildman–Crippen MR) is 83.9 cm³/mol. The maximum absolute atomic E-state index is 5.00. The third-order valence-corrected chi connectivity index (χ3v) is 4.60. The number of hydrogen-bond donors (Lipinski definition) is 0. The molecule has 0 heterocycles. The van der Waals surface area contributed by atoms with Gasteiger partial charge < -0.3 is 0 Å². The number of rotatable bonds is 4. The molecule has 0 saturated heterocycles. The van der Waals surface area contributed by atoms with Crippen LogP contribution >= 0.6 is 12.2 Å². The SMILES string of the molecule is CCCC1CCC(C2=CCC=C(C=S)C=C2)CC1. The lowest BCUT2D eigenvalue weighted by Crippen LogP contribution is -2.15. The molecule has 18 heavy (non-hydrogen) atoms. The summed E-state index contributed by atoms with van der Waals surface area (Å²) in [6.07, 6.45) is 18.5. The molecule has 0 aromatic carbocycles. The first-order chi connectivity index (χ1) is 8.83. The molecule has 2 aliphatic carbocycles. The van der Waals surface area contributed by atoms with Crippen molar-refractivity contribution < 1.29 is 0 Å². The Labute approximate surface area is 117 Å². The van der Waals surface area contributed by atoms with Gasteiger partial charge in [0.15, 0.2) is 0 Å². The molecular weight excluding hydrogens is 236 g/mol. The molecule has 0 unspecified atom stereocenters. The standard InChI is InChI=1S/C17H24S/c1-2-4-14-7-10-17(11-8-14)16-6-3-5-15(13-18)9-12-16/h5-6,9,12-14,17H,2-4,7-8,10-11H2,1H3. The molecule has 0 aliphatic heterocycles. The molecule has 2 aliphatic rings. The molecule has 2 rings (SSSR count). The first kappa shape index (κ1) is 13.7. The van der Waals surface area contributed by atoms with E-state index in [1.54, 1.807) is 10.9 Å². The van der Waals surface area contributed by atoms with Gasteiger partial charge in [0.1, 0.15) is 0 Å². The Bertz CT molecular complexity index is 365. The Hall–Kier alpha value is -0.690. The van der Waals surface area contributed by atoms with Crippen molar-refractivity contribution in [2.24, 2.45) is 11.8 Å². The van der Waals surface area contributed by atoms with Crippen LogP contribution in [0.3, 0.4) is 0 Å². The molecule has 0 spiro atoms. The predicted octanol–water partition coefficient (Wildman–Crippen LogP) is 5.41. The minimum atomic E-state index is 0.798. The zero-order chi connectivity index (χ0) is 12.8. The fraction of sp³-hybridized carbons (Fsp3) is 0.588. The van der Waals surface area contributed by atoms with E-state index < -0.39 is 0 Å². The molecule has 1 saturated carbocycles. The molecule has 0 aromatic rings. The Balaban J connectivity index is 1.90. The van der Waals surface area contributed by atoms with Gasteiger partial charge in [0.2, 0.25) is 0 Å². The Kier molecular flexibility index (Phi) is 5.37. The molecule has 0 nitrogen and oxygen atoms in total. The highest BCUT2D eigenvalue weighted by molar-refractivity contribution is 7.79. The lowest BCUT2D eigenvalue weighted by Gasteiger charge is -2.29. The number of hydrogen-bond acceptors (Lipinski definition) is 1. The maximum Gasteiger partial charge on any atom is 0.00830 e. The van der Waals surface area contributed by atoms with Crippen LogP contribution in [0.4, 0.5) is 0 Å². The molecule has 1 fully saturated rings. The lowest BCUT2D eigenvalue weighted by atomic mass is 9.77. The van der Waals surface area contributed by atoms with Gasteiger partial charge in [-0.3, -0.25) is 0 Å². The third kappa shape index (κ3) is 3.65. The van der Waals surface area contributed by atoms with E-state index in [0.717, 1.165) is 18.3 Å². The summed E-state index contributed by atoms with van der Waals surface area (Å²) in [4.78, 5) is 0. The van der Waals surface area contributed by atoms with Crippen LogP contribution in [-0.2, 0) is 0 Å². The van der Waals surface area contributed by atoms with E-state index in [4.69, 9.17) is 12.2 Å². The van der Waals surface area contributed by atoms with Gasteiger partial charge in [-0.05, 0) is 55.1 Å². The van der Waals surface area contributed by atoms with Crippen molar-refractivity contribution in [3.05, 3.63) is 35.5 Å². The second kappa shape index (κ2) is 7.04. The first-order valence-corrected chi connectivity index (χ1v) is 7.84. The van der Waals surface area contributed by atoms with E-state index >= 15 is 0 Å². The van der Waals surface area contributed by atoms with Gasteiger partial charge in [-0.25, -0.2) is 0 Å². The smallest absolute Gasteiger partial charge is 0.00830 e. The molecule has 0 amide bonds. The molecule has 0 radical (unpaired) electrons. The number of thiocarbonyl (C=S) groups is 1. The average molecular weight is 260 g/mol. The van der Waals surface area contributed by atoms with Gasteiger partial charge in [-0.1, -0.05) is 56.3 Å². The van der Waals surface area contributed by atoms with Crippen molar-refractivity contribution >= 4 is 17.6 Å². The molecule has 98 valence electrons. The maximum atomic E-state index is 5.00. The van der Waals surface area contributed by atoms with Gasteiger partial charge in [0, 0.05) is 5.37 Å². The van der Waals surface area contributed by atoms with Crippen LogP contribution in [0.1, 0.15) is 51.9 Å². The highest BCUT2D eigenvalue weighted by Crippen LogP contribution is 2.36. The lowest BCUT2D eigenvalue weighted by molar-refractivity contribution is 0.288. The molecule has 0 bridgehead atoms. The largest absolute Gasteiger partial charge is 0.0881 e. The van der Waals surface area contributed by atoms with Crippen molar-refractivity contribution in [2.75, 3.05) is 0 Å². The van der Waals surface area contributed by atoms with Crippen LogP contribution in [0.15, 0.2) is 35.5 Å².